The molecule has 138 valence electrons. The average molecular weight is 365 g/mol. The van der Waals surface area contributed by atoms with Gasteiger partial charge in [0.15, 0.2) is 0 Å². The Balaban J connectivity index is 1.67. The summed E-state index contributed by atoms with van der Waals surface area (Å²) in [5, 5.41) is 3.00. The Hall–Kier alpha value is -2.84. The van der Waals surface area contributed by atoms with Crippen LogP contribution in [0.1, 0.15) is 11.1 Å². The molecule has 9 heteroatoms. The minimum Gasteiger partial charge on any atom is -0.366 e. The predicted octanol–water partition coefficient (Wildman–Crippen LogP) is 2.39. The third kappa shape index (κ3) is 4.22. The molecular formula is C17H18F3N5O. The molecule has 0 bridgehead atoms. The number of rotatable bonds is 4. The largest absolute Gasteiger partial charge is 0.416 e. The van der Waals surface area contributed by atoms with E-state index in [0.717, 1.165) is 12.1 Å². The van der Waals surface area contributed by atoms with Crippen LogP contribution in [0.3, 0.4) is 0 Å². The van der Waals surface area contributed by atoms with Gasteiger partial charge in [0, 0.05) is 32.7 Å². The van der Waals surface area contributed by atoms with E-state index in [1.807, 2.05) is 4.90 Å². The molecule has 2 heterocycles. The maximum atomic E-state index is 12.8. The van der Waals surface area contributed by atoms with Crippen molar-refractivity contribution in [2.24, 2.45) is 0 Å². The topological polar surface area (TPSA) is 61.4 Å². The van der Waals surface area contributed by atoms with Crippen LogP contribution < -0.4 is 10.2 Å². The van der Waals surface area contributed by atoms with E-state index in [1.165, 1.54) is 12.4 Å². The van der Waals surface area contributed by atoms with Gasteiger partial charge in [-0.15, -0.1) is 0 Å². The molecule has 1 N–H and O–H groups in total. The first-order chi connectivity index (χ1) is 12.3. The van der Waals surface area contributed by atoms with E-state index in [1.54, 1.807) is 24.1 Å². The minimum atomic E-state index is -4.37. The fourth-order valence-corrected chi connectivity index (χ4v) is 2.62. The summed E-state index contributed by atoms with van der Waals surface area (Å²) in [5.74, 6) is 1.10. The zero-order valence-corrected chi connectivity index (χ0v) is 14.1. The van der Waals surface area contributed by atoms with Gasteiger partial charge in [0.2, 0.25) is 5.91 Å². The van der Waals surface area contributed by atoms with Crippen molar-refractivity contribution < 1.29 is 18.0 Å². The molecule has 0 saturated carbocycles. The number of hydrogen-bond acceptors (Lipinski definition) is 5. The van der Waals surface area contributed by atoms with Crippen molar-refractivity contribution in [3.8, 4) is 0 Å². The third-order valence-electron chi connectivity index (χ3n) is 4.16. The molecule has 1 aliphatic rings. The standard InChI is InChI=1S/C17H18F3N5O/c1-24-5-6-25(10-16(24)26)15-8-14(22-11-23-15)21-9-12-3-2-4-13(7-12)17(18,19)20/h2-4,7-8,11H,5-6,9-10H2,1H3,(H,21,22,23). The van der Waals surface area contributed by atoms with Crippen LogP contribution in [0.4, 0.5) is 24.8 Å². The zero-order chi connectivity index (χ0) is 18.7. The molecule has 1 aromatic heterocycles. The Labute approximate surface area is 148 Å². The van der Waals surface area contributed by atoms with Gasteiger partial charge in [0.1, 0.15) is 18.0 Å². The minimum absolute atomic E-state index is 0.00772. The number of hydrogen-bond donors (Lipinski definition) is 1. The number of carbonyl (C=O) groups excluding carboxylic acids is 1. The van der Waals surface area contributed by atoms with Crippen molar-refractivity contribution in [2.45, 2.75) is 12.7 Å². The summed E-state index contributed by atoms with van der Waals surface area (Å²) in [4.78, 5) is 23.6. The van der Waals surface area contributed by atoms with Gasteiger partial charge in [-0.3, -0.25) is 4.79 Å². The number of nitrogens with zero attached hydrogens (tertiary/aromatic N) is 4. The summed E-state index contributed by atoms with van der Waals surface area (Å²) in [5.41, 5.74) is -0.189. The van der Waals surface area contributed by atoms with Crippen LogP contribution in [0.15, 0.2) is 36.7 Å². The highest BCUT2D eigenvalue weighted by Gasteiger charge is 2.30. The number of halogens is 3. The highest BCUT2D eigenvalue weighted by atomic mass is 19.4. The number of piperazine rings is 1. The van der Waals surface area contributed by atoms with Gasteiger partial charge >= 0.3 is 6.18 Å². The molecule has 1 aliphatic heterocycles. The summed E-state index contributed by atoms with van der Waals surface area (Å²) < 4.78 is 38.3. The van der Waals surface area contributed by atoms with E-state index < -0.39 is 11.7 Å². The quantitative estimate of drug-likeness (QED) is 0.902. The first-order valence-electron chi connectivity index (χ1n) is 8.04. The number of likely N-dealkylation sites (N-methyl/N-ethyl adjacent to an activating group) is 1. The molecule has 0 aliphatic carbocycles. The van der Waals surface area contributed by atoms with Crippen molar-refractivity contribution in [3.63, 3.8) is 0 Å². The van der Waals surface area contributed by atoms with Gasteiger partial charge < -0.3 is 15.1 Å². The van der Waals surface area contributed by atoms with Crippen molar-refractivity contribution >= 4 is 17.5 Å². The fourth-order valence-electron chi connectivity index (χ4n) is 2.62. The molecule has 26 heavy (non-hydrogen) atoms. The molecule has 0 radical (unpaired) electrons. The van der Waals surface area contributed by atoms with Gasteiger partial charge in [-0.25, -0.2) is 9.97 Å². The summed E-state index contributed by atoms with van der Waals surface area (Å²) in [6.45, 7) is 1.70. The number of anilines is 2. The normalized spacial score (nSPS) is 15.3. The zero-order valence-electron chi connectivity index (χ0n) is 14.1. The highest BCUT2D eigenvalue weighted by Crippen LogP contribution is 2.29. The Morgan fingerprint density at radius 3 is 2.73 bits per heavy atom. The second-order valence-corrected chi connectivity index (χ2v) is 6.05. The molecule has 0 unspecified atom stereocenters. The van der Waals surface area contributed by atoms with Gasteiger partial charge in [0.25, 0.3) is 0 Å². The van der Waals surface area contributed by atoms with Crippen LogP contribution in [-0.4, -0.2) is 47.5 Å². The summed E-state index contributed by atoms with van der Waals surface area (Å²) in [6, 6.07) is 6.82. The van der Waals surface area contributed by atoms with Crippen LogP contribution in [0.2, 0.25) is 0 Å². The van der Waals surface area contributed by atoms with Gasteiger partial charge in [0.05, 0.1) is 12.1 Å². The summed E-state index contributed by atoms with van der Waals surface area (Å²) >= 11 is 0. The SMILES string of the molecule is CN1CCN(c2cc(NCc3cccc(C(F)(F)F)c3)ncn2)CC1=O. The van der Waals surface area contributed by atoms with Crippen LogP contribution >= 0.6 is 0 Å². The van der Waals surface area contributed by atoms with E-state index >= 15 is 0 Å². The molecule has 3 rings (SSSR count). The molecule has 1 aromatic carbocycles. The van der Waals surface area contributed by atoms with E-state index in [4.69, 9.17) is 0 Å². The second-order valence-electron chi connectivity index (χ2n) is 6.05. The van der Waals surface area contributed by atoms with Gasteiger partial charge in [-0.05, 0) is 17.7 Å². The van der Waals surface area contributed by atoms with Crippen molar-refractivity contribution in [2.75, 3.05) is 36.9 Å². The number of carbonyl (C=O) groups is 1. The second kappa shape index (κ2) is 7.19. The molecule has 0 spiro atoms. The van der Waals surface area contributed by atoms with E-state index in [2.05, 4.69) is 15.3 Å². The maximum absolute atomic E-state index is 12.8. The number of amides is 1. The molecular weight excluding hydrogens is 347 g/mol. The molecule has 1 amide bonds. The summed E-state index contributed by atoms with van der Waals surface area (Å²) in [7, 11) is 1.75. The fraction of sp³-hybridized carbons (Fsp3) is 0.353. The van der Waals surface area contributed by atoms with E-state index in [9.17, 15) is 18.0 Å². The van der Waals surface area contributed by atoms with Gasteiger partial charge in [-0.2, -0.15) is 13.2 Å². The van der Waals surface area contributed by atoms with Crippen molar-refractivity contribution in [3.05, 3.63) is 47.8 Å². The van der Waals surface area contributed by atoms with Crippen LogP contribution in [0.5, 0.6) is 0 Å². The number of alkyl halides is 3. The average Bonchev–Trinajstić information content (AvgIpc) is 2.62. The Bertz CT molecular complexity index is 796. The van der Waals surface area contributed by atoms with E-state index in [0.29, 0.717) is 30.3 Å². The van der Waals surface area contributed by atoms with Crippen LogP contribution in [0, 0.1) is 0 Å². The Kier molecular flexibility index (Phi) is 4.97. The number of nitrogens with one attached hydrogen (secondary N) is 1. The monoisotopic (exact) mass is 365 g/mol. The molecule has 2 aromatic rings. The molecule has 1 fully saturated rings. The van der Waals surface area contributed by atoms with Crippen molar-refractivity contribution in [1.82, 2.24) is 14.9 Å². The first-order valence-corrected chi connectivity index (χ1v) is 8.04. The number of benzene rings is 1. The lowest BCUT2D eigenvalue weighted by atomic mass is 10.1. The highest BCUT2D eigenvalue weighted by molar-refractivity contribution is 5.82. The Morgan fingerprint density at radius 2 is 2.00 bits per heavy atom. The van der Waals surface area contributed by atoms with E-state index in [-0.39, 0.29) is 19.0 Å². The molecule has 0 atom stereocenters. The summed E-state index contributed by atoms with van der Waals surface area (Å²) in [6.07, 6.45) is -3.00. The predicted molar refractivity (Wildman–Crippen MR) is 90.7 cm³/mol. The number of aromatic nitrogens is 2. The molecule has 6 nitrogen and oxygen atoms in total. The first kappa shape index (κ1) is 18.0. The Morgan fingerprint density at radius 1 is 1.19 bits per heavy atom. The van der Waals surface area contributed by atoms with Gasteiger partial charge in [-0.1, -0.05) is 12.1 Å². The van der Waals surface area contributed by atoms with Crippen LogP contribution in [-0.2, 0) is 17.5 Å². The maximum Gasteiger partial charge on any atom is 0.416 e. The lowest BCUT2D eigenvalue weighted by molar-refractivity contribution is -0.137. The van der Waals surface area contributed by atoms with Crippen molar-refractivity contribution in [1.29, 1.82) is 0 Å². The molecule has 1 saturated heterocycles. The third-order valence-corrected chi connectivity index (χ3v) is 4.16. The lowest BCUT2D eigenvalue weighted by Crippen LogP contribution is -2.48. The lowest BCUT2D eigenvalue weighted by Gasteiger charge is -2.32. The van der Waals surface area contributed by atoms with Crippen LogP contribution in [0.25, 0.3) is 0 Å². The smallest absolute Gasteiger partial charge is 0.366 e.